The topological polar surface area (TPSA) is 101 Å². The molecule has 54 heavy (non-hydrogen) atoms. The number of halogens is 1. The van der Waals surface area contributed by atoms with Gasteiger partial charge in [0.2, 0.25) is 10.0 Å². The third kappa shape index (κ3) is 8.47. The summed E-state index contributed by atoms with van der Waals surface area (Å²) in [6.45, 7) is 17.1. The van der Waals surface area contributed by atoms with Crippen LogP contribution in [0.5, 0.6) is 5.75 Å². The summed E-state index contributed by atoms with van der Waals surface area (Å²) in [4.78, 5) is 21.2. The molecule has 1 aromatic carbocycles. The van der Waals surface area contributed by atoms with Crippen molar-refractivity contribution in [3.63, 3.8) is 0 Å². The van der Waals surface area contributed by atoms with E-state index in [9.17, 15) is 13.2 Å². The molecule has 2 saturated heterocycles. The average molecular weight is 785 g/mol. The maximum Gasteiger partial charge on any atom is 0.264 e. The molecule has 4 aliphatic heterocycles. The largest absolute Gasteiger partial charge is 0.490 e. The van der Waals surface area contributed by atoms with Gasteiger partial charge < -0.3 is 19.1 Å². The molecule has 7 rings (SSSR count). The van der Waals surface area contributed by atoms with E-state index in [1.165, 1.54) is 0 Å². The number of sulfonamides is 1. The first kappa shape index (κ1) is 39.8. The average Bonchev–Trinajstić information content (AvgIpc) is 3.12. The van der Waals surface area contributed by atoms with E-state index in [0.29, 0.717) is 42.9 Å². The molecule has 10 nitrogen and oxygen atoms in total. The first-order valence-corrected chi connectivity index (χ1v) is 22.3. The fourth-order valence-electron chi connectivity index (χ4n) is 9.45. The number of carbonyl (C=O) groups excluding carboxylic acids is 1. The van der Waals surface area contributed by atoms with Gasteiger partial charge in [0, 0.05) is 68.4 Å². The number of benzene rings is 1. The molecule has 12 heteroatoms. The van der Waals surface area contributed by atoms with Crippen LogP contribution in [0.4, 0.5) is 5.69 Å². The van der Waals surface area contributed by atoms with Crippen molar-refractivity contribution in [2.45, 2.75) is 83.1 Å². The van der Waals surface area contributed by atoms with Crippen molar-refractivity contribution in [2.24, 2.45) is 29.1 Å². The van der Waals surface area contributed by atoms with Crippen molar-refractivity contribution in [3.05, 3.63) is 59.2 Å². The number of amides is 1. The highest BCUT2D eigenvalue weighted by Crippen LogP contribution is 2.48. The number of anilines is 1. The summed E-state index contributed by atoms with van der Waals surface area (Å²) < 4.78 is 48.9. The highest BCUT2D eigenvalue weighted by Gasteiger charge is 2.49. The van der Waals surface area contributed by atoms with Crippen LogP contribution in [0.1, 0.15) is 76.6 Å². The second kappa shape index (κ2) is 16.6. The van der Waals surface area contributed by atoms with Gasteiger partial charge in [-0.2, -0.15) is 0 Å². The number of hydrogen-bond acceptors (Lipinski definition) is 9. The molecule has 1 N–H and O–H groups in total. The summed E-state index contributed by atoms with van der Waals surface area (Å²) in [6.07, 6.45) is 16.5. The molecule has 298 valence electrons. The van der Waals surface area contributed by atoms with Crippen molar-refractivity contribution in [2.75, 3.05) is 77.1 Å². The number of allylic oxidation sites excluding steroid dienone is 4. The second-order valence-electron chi connectivity index (χ2n) is 17.0. The Bertz CT molecular complexity index is 1710. The first-order chi connectivity index (χ1) is 25.9. The van der Waals surface area contributed by atoms with E-state index in [0.717, 1.165) is 102 Å². The van der Waals surface area contributed by atoms with Crippen LogP contribution < -0.4 is 14.4 Å². The monoisotopic (exact) mass is 784 g/mol. The zero-order valence-corrected chi connectivity index (χ0v) is 34.3. The van der Waals surface area contributed by atoms with E-state index in [2.05, 4.69) is 57.6 Å². The first-order valence-electron chi connectivity index (χ1n) is 20.4. The van der Waals surface area contributed by atoms with Crippen molar-refractivity contribution in [1.82, 2.24) is 14.5 Å². The van der Waals surface area contributed by atoms with Crippen LogP contribution in [0, 0.1) is 29.1 Å². The highest BCUT2D eigenvalue weighted by molar-refractivity contribution is 7.90. The van der Waals surface area contributed by atoms with E-state index >= 15 is 0 Å². The summed E-state index contributed by atoms with van der Waals surface area (Å²) >= 11 is 6.51. The van der Waals surface area contributed by atoms with Crippen molar-refractivity contribution in [3.8, 4) is 5.75 Å². The molecule has 4 heterocycles. The Morgan fingerprint density at radius 2 is 1.83 bits per heavy atom. The Balaban J connectivity index is 1.24. The van der Waals surface area contributed by atoms with Gasteiger partial charge in [-0.25, -0.2) is 13.1 Å². The molecular weight excluding hydrogens is 724 g/mol. The number of carbonyl (C=O) groups is 1. The number of nitrogens with one attached hydrogen (secondary N) is 1. The smallest absolute Gasteiger partial charge is 0.264 e. The molecule has 1 aromatic rings. The lowest BCUT2D eigenvalue weighted by molar-refractivity contribution is -0.119. The molecular formula is C42H61ClN4O6S. The fourth-order valence-corrected chi connectivity index (χ4v) is 10.9. The minimum Gasteiger partial charge on any atom is -0.490 e. The molecule has 0 aromatic heterocycles. The van der Waals surface area contributed by atoms with Crippen LogP contribution in [-0.2, 0) is 19.5 Å². The molecule has 1 amide bonds. The van der Waals surface area contributed by atoms with E-state index < -0.39 is 26.8 Å². The molecule has 2 bridgehead atoms. The second-order valence-corrected chi connectivity index (χ2v) is 19.5. The summed E-state index contributed by atoms with van der Waals surface area (Å²) in [7, 11) is -3.96. The lowest BCUT2D eigenvalue weighted by Crippen LogP contribution is -2.61. The summed E-state index contributed by atoms with van der Waals surface area (Å²) in [5, 5.41) is -0.00848. The maximum atomic E-state index is 13.7. The van der Waals surface area contributed by atoms with Gasteiger partial charge in [0.15, 0.2) is 0 Å². The highest BCUT2D eigenvalue weighted by atomic mass is 35.5. The molecule has 1 saturated carbocycles. The van der Waals surface area contributed by atoms with Crippen LogP contribution in [0.25, 0.3) is 0 Å². The van der Waals surface area contributed by atoms with Crippen LogP contribution in [0.15, 0.2) is 53.6 Å². The van der Waals surface area contributed by atoms with Gasteiger partial charge in [-0.15, -0.1) is 0 Å². The minimum absolute atomic E-state index is 0.218. The number of fused-ring (bicyclic) bond motifs is 3. The summed E-state index contributed by atoms with van der Waals surface area (Å²) in [6, 6.07) is 5.93. The third-order valence-corrected chi connectivity index (χ3v) is 15.7. The van der Waals surface area contributed by atoms with E-state index in [1.807, 2.05) is 25.1 Å². The van der Waals surface area contributed by atoms with E-state index in [4.69, 9.17) is 25.8 Å². The zero-order valence-electron chi connectivity index (χ0n) is 32.7. The van der Waals surface area contributed by atoms with Gasteiger partial charge >= 0.3 is 0 Å². The van der Waals surface area contributed by atoms with Gasteiger partial charge in [-0.3, -0.25) is 14.6 Å². The van der Waals surface area contributed by atoms with Gasteiger partial charge in [-0.05, 0) is 93.9 Å². The van der Waals surface area contributed by atoms with E-state index in [1.54, 1.807) is 13.0 Å². The Labute approximate surface area is 328 Å². The van der Waals surface area contributed by atoms with Gasteiger partial charge in [-0.1, -0.05) is 56.2 Å². The Morgan fingerprint density at radius 3 is 2.54 bits per heavy atom. The summed E-state index contributed by atoms with van der Waals surface area (Å²) in [5.41, 5.74) is 0.397. The molecule has 7 atom stereocenters. The molecule has 2 unspecified atom stereocenters. The standard InChI is InChI=1S/C42H61ClN4O6S/c1-5-53-42(28-45-19-21-46(22-20-45)36-26-51-27-36)16-8-9-30(2)31(3)54(49,50)44-40(48)32-12-14-39-38(23-32)47(25-33-11-13-37(33)42)18-7-6-10-34-24-35(43)15-17-41(34,4)29-52-39/h8,12,14-17,23-24,30-31,33-34,36-37H,5-7,9-11,13,18-22,25-29H2,1-4H3,(H,44,48)/b16-8+/t30-,31+,33-,34?,37+,41?,42-/m0/s1. The van der Waals surface area contributed by atoms with Crippen LogP contribution in [-0.4, -0.2) is 113 Å². The van der Waals surface area contributed by atoms with Crippen molar-refractivity contribution in [1.29, 1.82) is 0 Å². The number of rotatable bonds is 5. The number of nitrogens with zero attached hydrogens (tertiary/aromatic N) is 3. The lowest BCUT2D eigenvalue weighted by Gasteiger charge is -2.52. The van der Waals surface area contributed by atoms with Crippen LogP contribution >= 0.6 is 11.6 Å². The molecule has 0 spiro atoms. The van der Waals surface area contributed by atoms with Crippen LogP contribution in [0.2, 0.25) is 0 Å². The lowest BCUT2D eigenvalue weighted by atomic mass is 9.63. The number of ether oxygens (including phenoxy) is 3. The third-order valence-electron chi connectivity index (χ3n) is 13.5. The number of piperazine rings is 1. The molecule has 2 aliphatic carbocycles. The number of hydrogen-bond donors (Lipinski definition) is 1. The zero-order chi connectivity index (χ0) is 38.1. The predicted octanol–water partition coefficient (Wildman–Crippen LogP) is 6.23. The maximum absolute atomic E-state index is 13.7. The van der Waals surface area contributed by atoms with Gasteiger partial charge in [0.25, 0.3) is 5.91 Å². The minimum atomic E-state index is -3.96. The molecule has 0 radical (unpaired) electrons. The predicted molar refractivity (Wildman–Crippen MR) is 215 cm³/mol. The normalized spacial score (nSPS) is 36.2. The van der Waals surface area contributed by atoms with Crippen LogP contribution in [0.3, 0.4) is 0 Å². The van der Waals surface area contributed by atoms with Crippen molar-refractivity contribution >= 4 is 33.2 Å². The Kier molecular flexibility index (Phi) is 12.2. The van der Waals surface area contributed by atoms with Crippen molar-refractivity contribution < 1.29 is 27.4 Å². The van der Waals surface area contributed by atoms with Gasteiger partial charge in [0.05, 0.1) is 36.8 Å². The van der Waals surface area contributed by atoms with Gasteiger partial charge in [0.1, 0.15) is 11.4 Å². The summed E-state index contributed by atoms with van der Waals surface area (Å²) in [5.74, 6) is 0.762. The molecule has 3 fully saturated rings. The Hall–Kier alpha value is -2.41. The fraction of sp³-hybridized carbons (Fsp3) is 0.690. The SMILES string of the molecule is CCO[C@]1(CN2CCN(C3COC3)CC2)/C=C/C[C@H](C)[C@@H](C)S(=O)(=O)NC(=O)c2ccc3c(c2)N(CCCCC2C=C(Cl)C=CC2(C)CO3)C[C@@H]2CC[C@H]21. The quantitative estimate of drug-likeness (QED) is 0.349. The van der Waals surface area contributed by atoms with E-state index in [-0.39, 0.29) is 23.2 Å². The Morgan fingerprint density at radius 1 is 1.04 bits per heavy atom. The molecule has 6 aliphatic rings.